The Kier molecular flexibility index (Phi) is 4.12. The average molecular weight is 418 g/mol. The molecule has 0 unspecified atom stereocenters. The molecule has 2 heteroatoms. The Morgan fingerprint density at radius 2 is 1.52 bits per heavy atom. The molecule has 0 bridgehead atoms. The molecule has 1 nitrogen and oxygen atoms in total. The molecule has 2 aromatic heterocycles. The van der Waals surface area contributed by atoms with Crippen LogP contribution in [0.25, 0.3) is 53.0 Å². The molecule has 0 aliphatic rings. The summed E-state index contributed by atoms with van der Waals surface area (Å²) in [6, 6.07) is 26.7. The first kappa shape index (κ1) is 18.5. The zero-order chi connectivity index (χ0) is 21.1. The molecule has 31 heavy (non-hydrogen) atoms. The molecular formula is C29H23NS. The van der Waals surface area contributed by atoms with E-state index in [1.165, 1.54) is 58.4 Å². The Morgan fingerprint density at radius 1 is 0.742 bits per heavy atom. The Morgan fingerprint density at radius 3 is 2.39 bits per heavy atom. The van der Waals surface area contributed by atoms with E-state index in [4.69, 9.17) is 4.98 Å². The molecule has 4 aromatic carbocycles. The highest BCUT2D eigenvalue weighted by Crippen LogP contribution is 2.42. The Hall–Kier alpha value is -3.23. The number of thiophene rings is 1. The lowest BCUT2D eigenvalue weighted by molar-refractivity contribution is 0.877. The molecule has 0 saturated heterocycles. The summed E-state index contributed by atoms with van der Waals surface area (Å²) in [5, 5.41) is 7.92. The van der Waals surface area contributed by atoms with Crippen LogP contribution in [-0.4, -0.2) is 4.98 Å². The van der Waals surface area contributed by atoms with E-state index in [-0.39, 0.29) is 0 Å². The minimum absolute atomic E-state index is 0.428. The zero-order valence-corrected chi connectivity index (χ0v) is 18.8. The van der Waals surface area contributed by atoms with Crippen molar-refractivity contribution in [3.63, 3.8) is 0 Å². The molecule has 0 N–H and O–H groups in total. The van der Waals surface area contributed by atoms with Gasteiger partial charge in [-0.1, -0.05) is 68.4 Å². The van der Waals surface area contributed by atoms with Crippen molar-refractivity contribution in [1.82, 2.24) is 4.98 Å². The third-order valence-corrected chi connectivity index (χ3v) is 7.74. The fourth-order valence-corrected chi connectivity index (χ4v) is 6.12. The fourth-order valence-electron chi connectivity index (χ4n) is 4.84. The van der Waals surface area contributed by atoms with Crippen LogP contribution in [0.15, 0.2) is 79.0 Å². The SMILES string of the molecule is Cc1cccc2c1sc1c(-c3cc(C(C)C)c4c(ccc5ccccc54)c3)nccc12. The normalized spacial score (nSPS) is 12.0. The van der Waals surface area contributed by atoms with Crippen molar-refractivity contribution in [3.05, 3.63) is 90.1 Å². The van der Waals surface area contributed by atoms with Gasteiger partial charge in [0, 0.05) is 27.2 Å². The van der Waals surface area contributed by atoms with Crippen molar-refractivity contribution in [2.75, 3.05) is 0 Å². The molecule has 0 aliphatic carbocycles. The van der Waals surface area contributed by atoms with E-state index in [1.54, 1.807) is 0 Å². The van der Waals surface area contributed by atoms with Crippen LogP contribution in [0.5, 0.6) is 0 Å². The Balaban J connectivity index is 1.71. The predicted octanol–water partition coefficient (Wildman–Crippen LogP) is 8.85. The molecular weight excluding hydrogens is 394 g/mol. The molecule has 0 atom stereocenters. The van der Waals surface area contributed by atoms with Crippen LogP contribution in [0.1, 0.15) is 30.9 Å². The van der Waals surface area contributed by atoms with Crippen LogP contribution in [0.2, 0.25) is 0 Å². The third kappa shape index (κ3) is 2.79. The van der Waals surface area contributed by atoms with Gasteiger partial charge in [-0.3, -0.25) is 4.98 Å². The van der Waals surface area contributed by atoms with Crippen molar-refractivity contribution in [3.8, 4) is 11.3 Å². The molecule has 0 fully saturated rings. The highest BCUT2D eigenvalue weighted by molar-refractivity contribution is 7.26. The van der Waals surface area contributed by atoms with Gasteiger partial charge in [-0.05, 0) is 63.7 Å². The van der Waals surface area contributed by atoms with Gasteiger partial charge >= 0.3 is 0 Å². The second kappa shape index (κ2) is 6.90. The van der Waals surface area contributed by atoms with Gasteiger partial charge in [-0.2, -0.15) is 0 Å². The predicted molar refractivity (Wildman–Crippen MR) is 136 cm³/mol. The van der Waals surface area contributed by atoms with Crippen LogP contribution < -0.4 is 0 Å². The van der Waals surface area contributed by atoms with Gasteiger partial charge < -0.3 is 0 Å². The lowest BCUT2D eigenvalue weighted by atomic mass is 9.89. The summed E-state index contributed by atoms with van der Waals surface area (Å²) in [4.78, 5) is 4.88. The van der Waals surface area contributed by atoms with Gasteiger partial charge in [0.05, 0.1) is 10.4 Å². The van der Waals surface area contributed by atoms with Gasteiger partial charge in [0.2, 0.25) is 0 Å². The van der Waals surface area contributed by atoms with E-state index in [9.17, 15) is 0 Å². The van der Waals surface area contributed by atoms with E-state index in [0.29, 0.717) is 5.92 Å². The zero-order valence-electron chi connectivity index (χ0n) is 17.9. The maximum atomic E-state index is 4.88. The number of aromatic nitrogens is 1. The first-order valence-corrected chi connectivity index (χ1v) is 11.7. The standard InChI is InChI=1S/C29H23NS/c1-17(2)25-16-21(15-20-12-11-19-8-4-5-9-22(19)26(20)25)27-29-24(13-14-30-27)23-10-6-7-18(3)28(23)31-29/h4-17H,1-3H3. The molecule has 2 heterocycles. The maximum absolute atomic E-state index is 4.88. The summed E-state index contributed by atoms with van der Waals surface area (Å²) < 4.78 is 2.64. The van der Waals surface area contributed by atoms with Crippen LogP contribution in [-0.2, 0) is 0 Å². The van der Waals surface area contributed by atoms with Crippen molar-refractivity contribution in [2.24, 2.45) is 0 Å². The lowest BCUT2D eigenvalue weighted by Crippen LogP contribution is -1.94. The summed E-state index contributed by atoms with van der Waals surface area (Å²) in [7, 11) is 0. The molecule has 6 rings (SSSR count). The minimum Gasteiger partial charge on any atom is -0.255 e. The number of aryl methyl sites for hydroxylation is 1. The molecule has 0 aliphatic heterocycles. The van der Waals surface area contributed by atoms with Crippen LogP contribution in [0, 0.1) is 6.92 Å². The first-order valence-electron chi connectivity index (χ1n) is 10.8. The van der Waals surface area contributed by atoms with Crippen molar-refractivity contribution < 1.29 is 0 Å². The number of fused-ring (bicyclic) bond motifs is 6. The second-order valence-electron chi connectivity index (χ2n) is 8.69. The number of pyridine rings is 1. The van der Waals surface area contributed by atoms with E-state index in [0.717, 1.165) is 5.69 Å². The van der Waals surface area contributed by atoms with Crippen LogP contribution in [0.3, 0.4) is 0 Å². The summed E-state index contributed by atoms with van der Waals surface area (Å²) >= 11 is 1.87. The summed E-state index contributed by atoms with van der Waals surface area (Å²) in [6.07, 6.45) is 1.96. The van der Waals surface area contributed by atoms with E-state index in [1.807, 2.05) is 17.5 Å². The average Bonchev–Trinajstić information content (AvgIpc) is 3.18. The van der Waals surface area contributed by atoms with Crippen molar-refractivity contribution in [1.29, 1.82) is 0 Å². The van der Waals surface area contributed by atoms with Gasteiger partial charge in [-0.15, -0.1) is 11.3 Å². The van der Waals surface area contributed by atoms with E-state index >= 15 is 0 Å². The molecule has 0 saturated carbocycles. The topological polar surface area (TPSA) is 12.9 Å². The quantitative estimate of drug-likeness (QED) is 0.256. The number of hydrogen-bond acceptors (Lipinski definition) is 2. The largest absolute Gasteiger partial charge is 0.255 e. The third-order valence-electron chi connectivity index (χ3n) is 6.38. The van der Waals surface area contributed by atoms with Gasteiger partial charge in [0.25, 0.3) is 0 Å². The van der Waals surface area contributed by atoms with Crippen LogP contribution >= 0.6 is 11.3 Å². The maximum Gasteiger partial charge on any atom is 0.0880 e. The van der Waals surface area contributed by atoms with Crippen molar-refractivity contribution in [2.45, 2.75) is 26.7 Å². The number of benzene rings is 4. The lowest BCUT2D eigenvalue weighted by Gasteiger charge is -2.15. The van der Waals surface area contributed by atoms with E-state index in [2.05, 4.69) is 93.6 Å². The smallest absolute Gasteiger partial charge is 0.0880 e. The second-order valence-corrected chi connectivity index (χ2v) is 9.72. The van der Waals surface area contributed by atoms with Crippen molar-refractivity contribution >= 4 is 53.1 Å². The highest BCUT2D eigenvalue weighted by Gasteiger charge is 2.16. The summed E-state index contributed by atoms with van der Waals surface area (Å²) in [6.45, 7) is 6.77. The summed E-state index contributed by atoms with van der Waals surface area (Å²) in [5.41, 5.74) is 5.02. The monoisotopic (exact) mass is 417 g/mol. The number of hydrogen-bond donors (Lipinski definition) is 0. The molecule has 0 amide bonds. The van der Waals surface area contributed by atoms with Gasteiger partial charge in [0.1, 0.15) is 0 Å². The Labute approximate surface area is 186 Å². The minimum atomic E-state index is 0.428. The number of rotatable bonds is 2. The molecule has 0 spiro atoms. The fraction of sp³-hybridized carbons (Fsp3) is 0.138. The molecule has 0 radical (unpaired) electrons. The molecule has 150 valence electrons. The van der Waals surface area contributed by atoms with Crippen LogP contribution in [0.4, 0.5) is 0 Å². The summed E-state index contributed by atoms with van der Waals surface area (Å²) in [5.74, 6) is 0.428. The first-order chi connectivity index (χ1) is 15.1. The van der Waals surface area contributed by atoms with Gasteiger partial charge in [-0.25, -0.2) is 0 Å². The highest BCUT2D eigenvalue weighted by atomic mass is 32.1. The number of nitrogens with zero attached hydrogens (tertiary/aromatic N) is 1. The Bertz CT molecular complexity index is 1620. The molecule has 6 aromatic rings. The van der Waals surface area contributed by atoms with E-state index < -0.39 is 0 Å². The van der Waals surface area contributed by atoms with Gasteiger partial charge in [0.15, 0.2) is 0 Å².